The molecule has 0 aliphatic rings. The number of hydrogen-bond donors (Lipinski definition) is 1. The highest BCUT2D eigenvalue weighted by Crippen LogP contribution is 2.22. The number of hydrogen-bond acceptors (Lipinski definition) is 2. The van der Waals surface area contributed by atoms with Gasteiger partial charge in [-0.1, -0.05) is 19.1 Å². The third-order valence-electron chi connectivity index (χ3n) is 2.50. The molecule has 1 aromatic carbocycles. The summed E-state index contributed by atoms with van der Waals surface area (Å²) in [5.41, 5.74) is 2.88. The van der Waals surface area contributed by atoms with Gasteiger partial charge in [-0.2, -0.15) is 5.26 Å². The fourth-order valence-corrected chi connectivity index (χ4v) is 1.56. The van der Waals surface area contributed by atoms with Gasteiger partial charge >= 0.3 is 0 Å². The molecule has 1 aromatic heterocycles. The van der Waals surface area contributed by atoms with Crippen molar-refractivity contribution in [2.45, 2.75) is 12.8 Å². The zero-order chi connectivity index (χ0) is 10.7. The van der Waals surface area contributed by atoms with Crippen molar-refractivity contribution in [3.05, 3.63) is 53.6 Å². The number of nitrogens with zero attached hydrogens (tertiary/aromatic N) is 2. The molecule has 74 valence electrons. The van der Waals surface area contributed by atoms with Crippen LogP contribution < -0.4 is 0 Å². The van der Waals surface area contributed by atoms with E-state index in [-0.39, 0.29) is 5.92 Å². The van der Waals surface area contributed by atoms with Crippen molar-refractivity contribution in [1.29, 1.82) is 5.26 Å². The van der Waals surface area contributed by atoms with Crippen molar-refractivity contribution in [1.82, 2.24) is 9.97 Å². The van der Waals surface area contributed by atoms with Gasteiger partial charge in [0.05, 0.1) is 18.0 Å². The van der Waals surface area contributed by atoms with E-state index in [1.165, 1.54) is 0 Å². The Kier molecular flexibility index (Phi) is 2.51. The molecule has 0 saturated carbocycles. The zero-order valence-electron chi connectivity index (χ0n) is 8.44. The lowest BCUT2D eigenvalue weighted by Gasteiger charge is -2.09. The van der Waals surface area contributed by atoms with E-state index < -0.39 is 0 Å². The third kappa shape index (κ3) is 1.89. The van der Waals surface area contributed by atoms with E-state index in [0.29, 0.717) is 5.56 Å². The molecule has 0 amide bonds. The van der Waals surface area contributed by atoms with Crippen LogP contribution in [0.3, 0.4) is 0 Å². The lowest BCUT2D eigenvalue weighted by molar-refractivity contribution is 0.882. The summed E-state index contributed by atoms with van der Waals surface area (Å²) in [5, 5.41) is 8.80. The number of aromatic nitrogens is 2. The van der Waals surface area contributed by atoms with Crippen LogP contribution in [-0.4, -0.2) is 9.97 Å². The van der Waals surface area contributed by atoms with E-state index >= 15 is 0 Å². The van der Waals surface area contributed by atoms with Crippen LogP contribution in [0.5, 0.6) is 0 Å². The maximum Gasteiger partial charge on any atom is 0.0991 e. The van der Waals surface area contributed by atoms with Crippen molar-refractivity contribution < 1.29 is 0 Å². The van der Waals surface area contributed by atoms with Crippen molar-refractivity contribution in [3.63, 3.8) is 0 Å². The molecule has 0 radical (unpaired) electrons. The minimum absolute atomic E-state index is 0.237. The molecule has 1 N–H and O–H groups in total. The van der Waals surface area contributed by atoms with E-state index in [1.807, 2.05) is 30.5 Å². The van der Waals surface area contributed by atoms with Gasteiger partial charge in [-0.25, -0.2) is 4.98 Å². The van der Waals surface area contributed by atoms with Gasteiger partial charge in [0.2, 0.25) is 0 Å². The topological polar surface area (TPSA) is 52.5 Å². The maximum absolute atomic E-state index is 8.80. The van der Waals surface area contributed by atoms with Crippen molar-refractivity contribution in [3.8, 4) is 6.07 Å². The highest BCUT2D eigenvalue weighted by atomic mass is 14.9. The summed E-state index contributed by atoms with van der Waals surface area (Å²) >= 11 is 0. The van der Waals surface area contributed by atoms with Crippen LogP contribution in [0.1, 0.15) is 29.7 Å². The molecule has 0 unspecified atom stereocenters. The summed E-state index contributed by atoms with van der Waals surface area (Å²) in [5.74, 6) is 0.237. The molecule has 3 nitrogen and oxygen atoms in total. The number of aromatic amines is 1. The fraction of sp³-hybridized carbons (Fsp3) is 0.167. The Morgan fingerprint density at radius 1 is 1.47 bits per heavy atom. The highest BCUT2D eigenvalue weighted by Gasteiger charge is 2.09. The number of H-pyrrole nitrogens is 1. The molecule has 1 heterocycles. The minimum atomic E-state index is 0.237. The Morgan fingerprint density at radius 2 is 2.33 bits per heavy atom. The zero-order valence-corrected chi connectivity index (χ0v) is 8.44. The predicted molar refractivity (Wildman–Crippen MR) is 57.3 cm³/mol. The van der Waals surface area contributed by atoms with Crippen LogP contribution in [0.15, 0.2) is 36.8 Å². The molecule has 0 fully saturated rings. The summed E-state index contributed by atoms with van der Waals surface area (Å²) < 4.78 is 0. The predicted octanol–water partition coefficient (Wildman–Crippen LogP) is 2.43. The molecule has 0 spiro atoms. The molecule has 0 saturated heterocycles. The average Bonchev–Trinajstić information content (AvgIpc) is 2.81. The Labute approximate surface area is 88.4 Å². The molecule has 1 atom stereocenters. The largest absolute Gasteiger partial charge is 0.348 e. The number of imidazole rings is 1. The first-order chi connectivity index (χ1) is 7.31. The Morgan fingerprint density at radius 3 is 3.00 bits per heavy atom. The van der Waals surface area contributed by atoms with Crippen molar-refractivity contribution >= 4 is 0 Å². The quantitative estimate of drug-likeness (QED) is 0.803. The molecule has 2 rings (SSSR count). The van der Waals surface area contributed by atoms with Crippen LogP contribution in [0, 0.1) is 11.3 Å². The molecule has 2 aromatic rings. The Hall–Kier alpha value is -2.08. The van der Waals surface area contributed by atoms with E-state index in [0.717, 1.165) is 11.3 Å². The second-order valence-corrected chi connectivity index (χ2v) is 3.47. The first-order valence-electron chi connectivity index (χ1n) is 4.79. The second kappa shape index (κ2) is 3.97. The van der Waals surface area contributed by atoms with Gasteiger partial charge in [0.25, 0.3) is 0 Å². The Bertz CT molecular complexity index is 480. The number of nitrogens with one attached hydrogen (secondary N) is 1. The lowest BCUT2D eigenvalue weighted by Crippen LogP contribution is -1.96. The van der Waals surface area contributed by atoms with Gasteiger partial charge < -0.3 is 4.98 Å². The fourth-order valence-electron chi connectivity index (χ4n) is 1.56. The third-order valence-corrected chi connectivity index (χ3v) is 2.50. The van der Waals surface area contributed by atoms with Gasteiger partial charge in [-0.05, 0) is 17.7 Å². The summed E-state index contributed by atoms with van der Waals surface area (Å²) in [6.45, 7) is 2.09. The van der Waals surface area contributed by atoms with Gasteiger partial charge in [0, 0.05) is 17.8 Å². The molecule has 0 aliphatic carbocycles. The molecular weight excluding hydrogens is 186 g/mol. The summed E-state index contributed by atoms with van der Waals surface area (Å²) in [6.07, 6.45) is 3.48. The van der Waals surface area contributed by atoms with E-state index in [9.17, 15) is 0 Å². The lowest BCUT2D eigenvalue weighted by atomic mass is 9.97. The van der Waals surface area contributed by atoms with Gasteiger partial charge in [-0.15, -0.1) is 0 Å². The number of rotatable bonds is 2. The standard InChI is InChI=1S/C12H11N3/c1-9(12-7-14-8-15-12)11-4-2-3-10(5-11)6-13/h2-5,7-9H,1H3,(H,14,15)/t9-/m0/s1. The van der Waals surface area contributed by atoms with Gasteiger partial charge in [-0.3, -0.25) is 0 Å². The van der Waals surface area contributed by atoms with Crippen LogP contribution >= 0.6 is 0 Å². The summed E-state index contributed by atoms with van der Waals surface area (Å²) in [4.78, 5) is 7.07. The normalized spacial score (nSPS) is 12.0. The maximum atomic E-state index is 8.80. The van der Waals surface area contributed by atoms with E-state index in [2.05, 4.69) is 23.0 Å². The van der Waals surface area contributed by atoms with Crippen LogP contribution in [0.25, 0.3) is 0 Å². The van der Waals surface area contributed by atoms with Crippen LogP contribution in [0.4, 0.5) is 0 Å². The van der Waals surface area contributed by atoms with Crippen LogP contribution in [0.2, 0.25) is 0 Å². The molecule has 0 bridgehead atoms. The van der Waals surface area contributed by atoms with Crippen LogP contribution in [-0.2, 0) is 0 Å². The second-order valence-electron chi connectivity index (χ2n) is 3.47. The SMILES string of the molecule is C[C@@H](c1cccc(C#N)c1)c1cnc[nH]1. The van der Waals surface area contributed by atoms with E-state index in [1.54, 1.807) is 6.33 Å². The average molecular weight is 197 g/mol. The van der Waals surface area contributed by atoms with Gasteiger partial charge in [0.15, 0.2) is 0 Å². The molecule has 0 aliphatic heterocycles. The van der Waals surface area contributed by atoms with Crippen molar-refractivity contribution in [2.24, 2.45) is 0 Å². The Balaban J connectivity index is 2.34. The monoisotopic (exact) mass is 197 g/mol. The highest BCUT2D eigenvalue weighted by molar-refractivity contribution is 5.36. The number of benzene rings is 1. The smallest absolute Gasteiger partial charge is 0.0991 e. The summed E-state index contributed by atoms with van der Waals surface area (Å²) in [6, 6.07) is 9.78. The minimum Gasteiger partial charge on any atom is -0.348 e. The van der Waals surface area contributed by atoms with E-state index in [4.69, 9.17) is 5.26 Å². The van der Waals surface area contributed by atoms with Crippen molar-refractivity contribution in [2.75, 3.05) is 0 Å². The number of nitriles is 1. The molecular formula is C12H11N3. The first-order valence-corrected chi connectivity index (χ1v) is 4.79. The molecule has 3 heteroatoms. The molecule has 15 heavy (non-hydrogen) atoms. The summed E-state index contributed by atoms with van der Waals surface area (Å²) in [7, 11) is 0. The first kappa shape index (κ1) is 9.47. The van der Waals surface area contributed by atoms with Gasteiger partial charge in [0.1, 0.15) is 0 Å².